The Kier molecular flexibility index (Phi) is 4.12. The van der Waals surface area contributed by atoms with E-state index >= 15 is 0 Å². The Morgan fingerprint density at radius 1 is 1.17 bits per heavy atom. The molecule has 23 heavy (non-hydrogen) atoms. The van der Waals surface area contributed by atoms with Crippen LogP contribution in [0.4, 0.5) is 0 Å². The number of hydrogen-bond acceptors (Lipinski definition) is 3. The standard InChI is InChI=1S/C20H22O3/c1-20(2)13-12-16-18(23-20)11-9-15(19(16)22)17(21)10-8-14-6-4-3-5-7-14/h3-7,9,11,22H,8,10,12-13H2,1-2H3. The molecule has 0 aliphatic carbocycles. The van der Waals surface area contributed by atoms with Crippen molar-refractivity contribution < 1.29 is 14.6 Å². The minimum atomic E-state index is -0.224. The second-order valence-electron chi connectivity index (χ2n) is 6.71. The Hall–Kier alpha value is -2.29. The van der Waals surface area contributed by atoms with Crippen LogP contribution in [-0.4, -0.2) is 16.5 Å². The van der Waals surface area contributed by atoms with Gasteiger partial charge in [-0.25, -0.2) is 0 Å². The third-order valence-electron chi connectivity index (χ3n) is 4.39. The van der Waals surface area contributed by atoms with E-state index in [1.54, 1.807) is 6.07 Å². The number of Topliss-reactive ketones (excluding diaryl/α,β-unsaturated/α-hetero) is 1. The molecule has 1 N–H and O–H groups in total. The van der Waals surface area contributed by atoms with Gasteiger partial charge < -0.3 is 9.84 Å². The lowest BCUT2D eigenvalue weighted by atomic mass is 9.91. The van der Waals surface area contributed by atoms with Crippen molar-refractivity contribution in [2.24, 2.45) is 0 Å². The quantitative estimate of drug-likeness (QED) is 0.856. The second-order valence-corrected chi connectivity index (χ2v) is 6.71. The van der Waals surface area contributed by atoms with E-state index in [0.717, 1.165) is 24.0 Å². The van der Waals surface area contributed by atoms with E-state index < -0.39 is 0 Å². The van der Waals surface area contributed by atoms with E-state index in [-0.39, 0.29) is 17.1 Å². The molecule has 120 valence electrons. The number of ether oxygens (including phenoxy) is 1. The zero-order chi connectivity index (χ0) is 16.4. The maximum atomic E-state index is 12.5. The molecule has 0 atom stereocenters. The Balaban J connectivity index is 1.77. The highest BCUT2D eigenvalue weighted by Gasteiger charge is 2.29. The van der Waals surface area contributed by atoms with Crippen LogP contribution in [-0.2, 0) is 12.8 Å². The van der Waals surface area contributed by atoms with Crippen LogP contribution in [0.15, 0.2) is 42.5 Å². The molecule has 1 aliphatic heterocycles. The topological polar surface area (TPSA) is 46.5 Å². The first-order valence-corrected chi connectivity index (χ1v) is 8.07. The number of carbonyl (C=O) groups excluding carboxylic acids is 1. The van der Waals surface area contributed by atoms with Crippen molar-refractivity contribution in [3.8, 4) is 11.5 Å². The summed E-state index contributed by atoms with van der Waals surface area (Å²) in [5, 5.41) is 10.5. The van der Waals surface area contributed by atoms with Crippen molar-refractivity contribution >= 4 is 5.78 Å². The Bertz CT molecular complexity index is 717. The van der Waals surface area contributed by atoms with Crippen LogP contribution in [0, 0.1) is 0 Å². The van der Waals surface area contributed by atoms with Crippen molar-refractivity contribution in [1.82, 2.24) is 0 Å². The number of aromatic hydroxyl groups is 1. The average molecular weight is 310 g/mol. The fourth-order valence-corrected chi connectivity index (χ4v) is 2.99. The number of phenols is 1. The smallest absolute Gasteiger partial charge is 0.166 e. The van der Waals surface area contributed by atoms with Crippen LogP contribution >= 0.6 is 0 Å². The molecule has 3 heteroatoms. The first kappa shape index (κ1) is 15.6. The second kappa shape index (κ2) is 6.07. The van der Waals surface area contributed by atoms with E-state index in [9.17, 15) is 9.90 Å². The number of rotatable bonds is 4. The van der Waals surface area contributed by atoms with Gasteiger partial charge in [0, 0.05) is 12.0 Å². The zero-order valence-corrected chi connectivity index (χ0v) is 13.6. The Morgan fingerprint density at radius 3 is 2.65 bits per heavy atom. The highest BCUT2D eigenvalue weighted by atomic mass is 16.5. The molecule has 0 unspecified atom stereocenters. The van der Waals surface area contributed by atoms with Crippen LogP contribution in [0.5, 0.6) is 11.5 Å². The predicted molar refractivity (Wildman–Crippen MR) is 90.2 cm³/mol. The summed E-state index contributed by atoms with van der Waals surface area (Å²) in [6, 6.07) is 13.4. The summed E-state index contributed by atoms with van der Waals surface area (Å²) in [5.74, 6) is 0.758. The van der Waals surface area contributed by atoms with Gasteiger partial charge in [-0.15, -0.1) is 0 Å². The van der Waals surface area contributed by atoms with Gasteiger partial charge in [-0.2, -0.15) is 0 Å². The fourth-order valence-electron chi connectivity index (χ4n) is 2.99. The van der Waals surface area contributed by atoms with Crippen molar-refractivity contribution in [1.29, 1.82) is 0 Å². The predicted octanol–water partition coefficient (Wildman–Crippen LogP) is 4.31. The molecule has 0 amide bonds. The third-order valence-corrected chi connectivity index (χ3v) is 4.39. The molecule has 0 saturated heterocycles. The number of ketones is 1. The molecule has 1 aliphatic rings. The molecule has 0 saturated carbocycles. The summed E-state index contributed by atoms with van der Waals surface area (Å²) in [5.41, 5.74) is 2.07. The van der Waals surface area contributed by atoms with Crippen molar-refractivity contribution in [3.63, 3.8) is 0 Å². The number of hydrogen-bond donors (Lipinski definition) is 1. The lowest BCUT2D eigenvalue weighted by molar-refractivity contribution is 0.0835. The molecular formula is C20H22O3. The van der Waals surface area contributed by atoms with Crippen LogP contribution in [0.1, 0.15) is 48.2 Å². The molecule has 0 radical (unpaired) electrons. The minimum absolute atomic E-state index is 0.0287. The molecule has 0 bridgehead atoms. The molecule has 3 nitrogen and oxygen atoms in total. The molecule has 1 heterocycles. The van der Waals surface area contributed by atoms with Gasteiger partial charge in [0.25, 0.3) is 0 Å². The molecule has 2 aromatic carbocycles. The molecule has 0 spiro atoms. The van der Waals surface area contributed by atoms with Crippen LogP contribution in [0.25, 0.3) is 0 Å². The van der Waals surface area contributed by atoms with Crippen molar-refractivity contribution in [2.75, 3.05) is 0 Å². The normalized spacial score (nSPS) is 15.6. The Morgan fingerprint density at radius 2 is 1.91 bits per heavy atom. The number of benzene rings is 2. The number of carbonyl (C=O) groups is 1. The molecule has 3 rings (SSSR count). The fraction of sp³-hybridized carbons (Fsp3) is 0.350. The van der Waals surface area contributed by atoms with Gasteiger partial charge in [0.15, 0.2) is 5.78 Å². The summed E-state index contributed by atoms with van der Waals surface area (Å²) in [6.07, 6.45) is 2.63. The van der Waals surface area contributed by atoms with E-state index in [1.807, 2.05) is 50.2 Å². The first-order valence-electron chi connectivity index (χ1n) is 8.07. The number of phenolic OH excluding ortho intramolecular Hbond substituents is 1. The number of aryl methyl sites for hydroxylation is 1. The van der Waals surface area contributed by atoms with Crippen molar-refractivity contribution in [3.05, 3.63) is 59.2 Å². The summed E-state index contributed by atoms with van der Waals surface area (Å²) >= 11 is 0. The van der Waals surface area contributed by atoms with Crippen molar-refractivity contribution in [2.45, 2.75) is 45.1 Å². The van der Waals surface area contributed by atoms with Gasteiger partial charge >= 0.3 is 0 Å². The van der Waals surface area contributed by atoms with Gasteiger partial charge in [0.1, 0.15) is 17.1 Å². The van der Waals surface area contributed by atoms with Crippen LogP contribution in [0.3, 0.4) is 0 Å². The van der Waals surface area contributed by atoms with Gasteiger partial charge in [-0.1, -0.05) is 30.3 Å². The van der Waals surface area contributed by atoms with Gasteiger partial charge in [0.05, 0.1) is 5.56 Å². The summed E-state index contributed by atoms with van der Waals surface area (Å²) in [7, 11) is 0. The monoisotopic (exact) mass is 310 g/mol. The molecule has 0 fully saturated rings. The average Bonchev–Trinajstić information content (AvgIpc) is 2.53. The zero-order valence-electron chi connectivity index (χ0n) is 13.6. The van der Waals surface area contributed by atoms with Gasteiger partial charge in [-0.05, 0) is 50.8 Å². The minimum Gasteiger partial charge on any atom is -0.507 e. The van der Waals surface area contributed by atoms with Crippen LogP contribution < -0.4 is 4.74 Å². The third kappa shape index (κ3) is 3.39. The SMILES string of the molecule is CC1(C)CCc2c(ccc(C(=O)CCc3ccccc3)c2O)O1. The maximum Gasteiger partial charge on any atom is 0.166 e. The lowest BCUT2D eigenvalue weighted by Crippen LogP contribution is -2.32. The van der Waals surface area contributed by atoms with E-state index in [2.05, 4.69) is 0 Å². The van der Waals surface area contributed by atoms with E-state index in [0.29, 0.717) is 24.2 Å². The summed E-state index contributed by atoms with van der Waals surface area (Å²) in [6.45, 7) is 4.07. The van der Waals surface area contributed by atoms with Gasteiger partial charge in [-0.3, -0.25) is 4.79 Å². The Labute approximate surface area is 136 Å². The van der Waals surface area contributed by atoms with Gasteiger partial charge in [0.2, 0.25) is 0 Å². The maximum absolute atomic E-state index is 12.5. The van der Waals surface area contributed by atoms with E-state index in [4.69, 9.17) is 4.74 Å². The molecular weight excluding hydrogens is 288 g/mol. The largest absolute Gasteiger partial charge is 0.507 e. The number of fused-ring (bicyclic) bond motifs is 1. The highest BCUT2D eigenvalue weighted by Crippen LogP contribution is 2.40. The van der Waals surface area contributed by atoms with Crippen LogP contribution in [0.2, 0.25) is 0 Å². The molecule has 2 aromatic rings. The molecule has 0 aromatic heterocycles. The van der Waals surface area contributed by atoms with E-state index in [1.165, 1.54) is 0 Å². The summed E-state index contributed by atoms with van der Waals surface area (Å²) in [4.78, 5) is 12.5. The summed E-state index contributed by atoms with van der Waals surface area (Å²) < 4.78 is 5.89. The highest BCUT2D eigenvalue weighted by molar-refractivity contribution is 5.99. The lowest BCUT2D eigenvalue weighted by Gasteiger charge is -2.33. The first-order chi connectivity index (χ1) is 11.0.